The second-order valence-electron chi connectivity index (χ2n) is 5.46. The van der Waals surface area contributed by atoms with Crippen molar-refractivity contribution in [1.29, 1.82) is 5.26 Å². The van der Waals surface area contributed by atoms with Crippen LogP contribution in [0.3, 0.4) is 0 Å². The molecule has 0 saturated heterocycles. The van der Waals surface area contributed by atoms with Gasteiger partial charge >= 0.3 is 0 Å². The lowest BCUT2D eigenvalue weighted by molar-refractivity contribution is 0.304. The van der Waals surface area contributed by atoms with Crippen LogP contribution in [-0.4, -0.2) is 9.78 Å². The minimum absolute atomic E-state index is 0.289. The van der Waals surface area contributed by atoms with Gasteiger partial charge in [-0.15, -0.1) is 0 Å². The molecule has 0 bridgehead atoms. The lowest BCUT2D eigenvalue weighted by Crippen LogP contribution is -2.01. The van der Waals surface area contributed by atoms with E-state index in [1.54, 1.807) is 24.3 Å². The SMILES string of the molecule is Cc1nn(-c2ccc(C#N)cc2)c(C)c1COc1ccc(F)cc1. The van der Waals surface area contributed by atoms with Crippen LogP contribution >= 0.6 is 0 Å². The van der Waals surface area contributed by atoms with Crippen LogP contribution in [0.1, 0.15) is 22.5 Å². The maximum Gasteiger partial charge on any atom is 0.123 e. The van der Waals surface area contributed by atoms with Crippen LogP contribution in [-0.2, 0) is 6.61 Å². The average molecular weight is 321 g/mol. The molecule has 0 spiro atoms. The molecule has 0 aliphatic heterocycles. The Morgan fingerprint density at radius 3 is 2.38 bits per heavy atom. The smallest absolute Gasteiger partial charge is 0.123 e. The predicted molar refractivity (Wildman–Crippen MR) is 88.5 cm³/mol. The molecule has 4 nitrogen and oxygen atoms in total. The van der Waals surface area contributed by atoms with Crippen molar-refractivity contribution in [3.8, 4) is 17.5 Å². The second kappa shape index (κ2) is 6.55. The Labute approximate surface area is 139 Å². The van der Waals surface area contributed by atoms with Crippen molar-refractivity contribution in [2.24, 2.45) is 0 Å². The van der Waals surface area contributed by atoms with Gasteiger partial charge in [-0.2, -0.15) is 10.4 Å². The van der Waals surface area contributed by atoms with Gasteiger partial charge in [0.05, 0.1) is 23.0 Å². The average Bonchev–Trinajstić information content (AvgIpc) is 2.89. The summed E-state index contributed by atoms with van der Waals surface area (Å²) in [6, 6.07) is 15.3. The van der Waals surface area contributed by atoms with E-state index in [1.165, 1.54) is 12.1 Å². The fraction of sp³-hybridized carbons (Fsp3) is 0.158. The molecule has 0 amide bonds. The summed E-state index contributed by atoms with van der Waals surface area (Å²) in [7, 11) is 0. The number of aryl methyl sites for hydroxylation is 1. The van der Waals surface area contributed by atoms with E-state index >= 15 is 0 Å². The number of aromatic nitrogens is 2. The number of rotatable bonds is 4. The van der Waals surface area contributed by atoms with Gasteiger partial charge in [-0.05, 0) is 62.4 Å². The predicted octanol–water partition coefficient (Wildman–Crippen LogP) is 4.08. The van der Waals surface area contributed by atoms with E-state index in [9.17, 15) is 4.39 Å². The summed E-state index contributed by atoms with van der Waals surface area (Å²) in [6.07, 6.45) is 0. The van der Waals surface area contributed by atoms with Crippen LogP contribution in [0.2, 0.25) is 0 Å². The van der Waals surface area contributed by atoms with Gasteiger partial charge in [0.25, 0.3) is 0 Å². The molecule has 5 heteroatoms. The lowest BCUT2D eigenvalue weighted by atomic mass is 10.2. The summed E-state index contributed by atoms with van der Waals surface area (Å²) >= 11 is 0. The lowest BCUT2D eigenvalue weighted by Gasteiger charge is -2.08. The summed E-state index contributed by atoms with van der Waals surface area (Å²) < 4.78 is 20.5. The first kappa shape index (κ1) is 15.8. The molecule has 0 unspecified atom stereocenters. The summed E-state index contributed by atoms with van der Waals surface area (Å²) in [4.78, 5) is 0. The molecular formula is C19H16FN3O. The zero-order chi connectivity index (χ0) is 17.1. The van der Waals surface area contributed by atoms with Crippen molar-refractivity contribution < 1.29 is 9.13 Å². The largest absolute Gasteiger partial charge is 0.489 e. The highest BCUT2D eigenvalue weighted by Gasteiger charge is 2.13. The van der Waals surface area contributed by atoms with Crippen LogP contribution in [0.15, 0.2) is 48.5 Å². The molecule has 0 N–H and O–H groups in total. The summed E-state index contributed by atoms with van der Waals surface area (Å²) in [6.45, 7) is 4.26. The van der Waals surface area contributed by atoms with Crippen molar-refractivity contribution in [2.75, 3.05) is 0 Å². The van der Waals surface area contributed by atoms with Gasteiger partial charge in [0.1, 0.15) is 18.2 Å². The van der Waals surface area contributed by atoms with E-state index in [0.717, 1.165) is 22.6 Å². The number of benzene rings is 2. The third kappa shape index (κ3) is 3.13. The molecule has 2 aromatic carbocycles. The van der Waals surface area contributed by atoms with Crippen LogP contribution in [0.25, 0.3) is 5.69 Å². The molecule has 0 fully saturated rings. The first-order valence-electron chi connectivity index (χ1n) is 7.52. The zero-order valence-electron chi connectivity index (χ0n) is 13.5. The molecule has 1 heterocycles. The molecule has 1 aromatic heterocycles. The van der Waals surface area contributed by atoms with Crippen LogP contribution in [0.5, 0.6) is 5.75 Å². The molecule has 120 valence electrons. The van der Waals surface area contributed by atoms with E-state index in [0.29, 0.717) is 17.9 Å². The van der Waals surface area contributed by atoms with Crippen LogP contribution in [0.4, 0.5) is 4.39 Å². The van der Waals surface area contributed by atoms with Gasteiger partial charge in [0.2, 0.25) is 0 Å². The van der Waals surface area contributed by atoms with Crippen LogP contribution < -0.4 is 4.74 Å². The molecule has 0 aliphatic rings. The zero-order valence-corrected chi connectivity index (χ0v) is 13.5. The number of nitrogens with zero attached hydrogens (tertiary/aromatic N) is 3. The Morgan fingerprint density at radius 1 is 1.08 bits per heavy atom. The Hall–Kier alpha value is -3.13. The fourth-order valence-corrected chi connectivity index (χ4v) is 2.50. The maximum atomic E-state index is 12.9. The summed E-state index contributed by atoms with van der Waals surface area (Å²) in [5.74, 6) is 0.324. The molecular weight excluding hydrogens is 305 g/mol. The highest BCUT2D eigenvalue weighted by molar-refractivity contribution is 5.41. The van der Waals surface area contributed by atoms with Crippen molar-refractivity contribution >= 4 is 0 Å². The van der Waals surface area contributed by atoms with Gasteiger partial charge in [-0.25, -0.2) is 9.07 Å². The van der Waals surface area contributed by atoms with Gasteiger partial charge in [0.15, 0.2) is 0 Å². The van der Waals surface area contributed by atoms with E-state index in [4.69, 9.17) is 10.00 Å². The van der Waals surface area contributed by atoms with Gasteiger partial charge in [-0.3, -0.25) is 0 Å². The topological polar surface area (TPSA) is 50.8 Å². The highest BCUT2D eigenvalue weighted by atomic mass is 19.1. The standard InChI is InChI=1S/C19H16FN3O/c1-13-19(12-24-18-9-5-16(20)6-10-18)14(2)23(22-13)17-7-3-15(11-21)4-8-17/h3-10H,12H2,1-2H3. The molecule has 3 rings (SSSR count). The van der Waals surface area contributed by atoms with Crippen molar-refractivity contribution in [2.45, 2.75) is 20.5 Å². The molecule has 24 heavy (non-hydrogen) atoms. The molecule has 3 aromatic rings. The first-order valence-corrected chi connectivity index (χ1v) is 7.52. The summed E-state index contributed by atoms with van der Waals surface area (Å²) in [5, 5.41) is 13.4. The maximum absolute atomic E-state index is 12.9. The van der Waals surface area contributed by atoms with Crippen molar-refractivity contribution in [3.05, 3.63) is 76.9 Å². The highest BCUT2D eigenvalue weighted by Crippen LogP contribution is 2.21. The quantitative estimate of drug-likeness (QED) is 0.727. The Morgan fingerprint density at radius 2 is 1.75 bits per heavy atom. The third-order valence-electron chi connectivity index (χ3n) is 3.88. The van der Waals surface area contributed by atoms with Gasteiger partial charge < -0.3 is 4.74 Å². The fourth-order valence-electron chi connectivity index (χ4n) is 2.50. The number of halogens is 1. The molecule has 0 radical (unpaired) electrons. The number of hydrogen-bond acceptors (Lipinski definition) is 3. The molecule has 0 aliphatic carbocycles. The normalized spacial score (nSPS) is 10.4. The van der Waals surface area contributed by atoms with E-state index < -0.39 is 0 Å². The number of ether oxygens (including phenoxy) is 1. The number of nitriles is 1. The van der Waals surface area contributed by atoms with Crippen LogP contribution in [0, 0.1) is 31.0 Å². The second-order valence-corrected chi connectivity index (χ2v) is 5.46. The minimum Gasteiger partial charge on any atom is -0.489 e. The van der Waals surface area contributed by atoms with Gasteiger partial charge in [-0.1, -0.05) is 0 Å². The van der Waals surface area contributed by atoms with E-state index in [1.807, 2.05) is 30.7 Å². The van der Waals surface area contributed by atoms with Crippen molar-refractivity contribution in [3.63, 3.8) is 0 Å². The minimum atomic E-state index is -0.289. The van der Waals surface area contributed by atoms with E-state index in [-0.39, 0.29) is 5.82 Å². The number of hydrogen-bond donors (Lipinski definition) is 0. The van der Waals surface area contributed by atoms with Gasteiger partial charge in [0, 0.05) is 11.3 Å². The van der Waals surface area contributed by atoms with Crippen molar-refractivity contribution in [1.82, 2.24) is 9.78 Å². The Kier molecular flexibility index (Phi) is 4.30. The Balaban J connectivity index is 1.83. The molecule has 0 atom stereocenters. The Bertz CT molecular complexity index is 890. The molecule has 0 saturated carbocycles. The monoisotopic (exact) mass is 321 g/mol. The summed E-state index contributed by atoms with van der Waals surface area (Å²) in [5.41, 5.74) is 4.34. The third-order valence-corrected chi connectivity index (χ3v) is 3.88. The first-order chi connectivity index (χ1) is 11.6. The van der Waals surface area contributed by atoms with E-state index in [2.05, 4.69) is 11.2 Å².